The summed E-state index contributed by atoms with van der Waals surface area (Å²) >= 11 is 5.82. The first-order chi connectivity index (χ1) is 20.1. The molecule has 4 rings (SSSR count). The quantitative estimate of drug-likeness (QED) is 0.168. The second-order valence-electron chi connectivity index (χ2n) is 11.6. The highest BCUT2D eigenvalue weighted by atomic mass is 35.5. The minimum absolute atomic E-state index is 0.0119. The maximum atomic E-state index is 13.0. The lowest BCUT2D eigenvalue weighted by Crippen LogP contribution is -2.55. The number of carbonyl (C=O) groups is 1. The van der Waals surface area contributed by atoms with E-state index in [1.807, 2.05) is 19.0 Å². The summed E-state index contributed by atoms with van der Waals surface area (Å²) in [7, 11) is 3.96. The van der Waals surface area contributed by atoms with E-state index in [-0.39, 0.29) is 33.6 Å². The van der Waals surface area contributed by atoms with Crippen LogP contribution in [0.2, 0.25) is 5.02 Å². The Balaban J connectivity index is 1.21. The molecule has 0 saturated carbocycles. The van der Waals surface area contributed by atoms with E-state index in [2.05, 4.69) is 9.80 Å². The Bertz CT molecular complexity index is 1230. The van der Waals surface area contributed by atoms with Gasteiger partial charge in [-0.1, -0.05) is 11.6 Å². The Morgan fingerprint density at radius 1 is 0.930 bits per heavy atom. The molecule has 0 aliphatic carbocycles. The molecule has 0 aromatic heterocycles. The average molecular weight is 652 g/mol. The first-order valence-electron chi connectivity index (χ1n) is 14.5. The zero-order valence-corrected chi connectivity index (χ0v) is 25.9. The van der Waals surface area contributed by atoms with Crippen molar-refractivity contribution >= 4 is 40.6 Å². The fraction of sp³-hybridized carbons (Fsp3) is 0.567. The van der Waals surface area contributed by atoms with Gasteiger partial charge < -0.3 is 14.7 Å². The minimum Gasteiger partial charge on any atom is -0.370 e. The van der Waals surface area contributed by atoms with Gasteiger partial charge in [0, 0.05) is 74.7 Å². The van der Waals surface area contributed by atoms with Crippen LogP contribution in [0.25, 0.3) is 0 Å². The van der Waals surface area contributed by atoms with E-state index in [1.165, 1.54) is 24.3 Å². The molecule has 0 bridgehead atoms. The van der Waals surface area contributed by atoms with Gasteiger partial charge in [-0.15, -0.1) is 0 Å². The smallest absolute Gasteiger partial charge is 0.370 e. The number of anilines is 1. The molecule has 2 saturated heterocycles. The molecule has 1 amide bonds. The van der Waals surface area contributed by atoms with Crippen LogP contribution in [-0.4, -0.2) is 87.2 Å². The van der Waals surface area contributed by atoms with Crippen LogP contribution in [0.1, 0.15) is 37.7 Å². The average Bonchev–Trinajstić information content (AvgIpc) is 3.19. The number of benzene rings is 2. The SMILES string of the molecule is C[N+](C)(c1ccc(Cl)c(SC(F)(F)F)c1)C1CCN(C(=O)CCCN2CCCN(c3ccc(C(F)(F)F)cc3)CC2)CC1. The second kappa shape index (κ2) is 13.9. The zero-order chi connectivity index (χ0) is 31.4. The van der Waals surface area contributed by atoms with Crippen molar-refractivity contribution in [2.24, 2.45) is 0 Å². The molecule has 2 heterocycles. The van der Waals surface area contributed by atoms with Crippen molar-refractivity contribution in [2.75, 3.05) is 64.8 Å². The molecule has 5 nitrogen and oxygen atoms in total. The lowest BCUT2D eigenvalue weighted by molar-refractivity contribution is -0.137. The summed E-state index contributed by atoms with van der Waals surface area (Å²) in [6.07, 6.45) is -0.798. The van der Waals surface area contributed by atoms with E-state index in [9.17, 15) is 31.1 Å². The predicted molar refractivity (Wildman–Crippen MR) is 161 cm³/mol. The van der Waals surface area contributed by atoms with Gasteiger partial charge in [0.05, 0.1) is 30.7 Å². The standard InChI is InChI=1S/C30H38ClF6N4OS/c1-41(2,25-10-11-26(31)27(21-25)43-30(35,36)37)24-12-17-40(18-13-24)28(42)5-3-14-38-15-4-16-39(20-19-38)23-8-6-22(7-9-23)29(32,33)34/h6-11,21,24H,3-5,12-20H2,1-2H3/q+1. The molecule has 43 heavy (non-hydrogen) atoms. The number of amides is 1. The van der Waals surface area contributed by atoms with Gasteiger partial charge in [0.15, 0.2) is 0 Å². The van der Waals surface area contributed by atoms with Crippen LogP contribution in [0.4, 0.5) is 37.7 Å². The van der Waals surface area contributed by atoms with Crippen LogP contribution in [0, 0.1) is 0 Å². The maximum absolute atomic E-state index is 13.0. The normalized spacial score (nSPS) is 18.2. The Labute approximate surface area is 258 Å². The molecular formula is C30H38ClF6N4OS+. The minimum atomic E-state index is -4.42. The number of piperidine rings is 1. The number of nitrogens with zero attached hydrogens (tertiary/aromatic N) is 4. The molecular weight excluding hydrogens is 614 g/mol. The molecule has 0 N–H and O–H groups in total. The number of hydrogen-bond acceptors (Lipinski definition) is 4. The first-order valence-corrected chi connectivity index (χ1v) is 15.6. The monoisotopic (exact) mass is 651 g/mol. The highest BCUT2D eigenvalue weighted by Crippen LogP contribution is 2.43. The Hall–Kier alpha value is -2.15. The van der Waals surface area contributed by atoms with Crippen molar-refractivity contribution in [3.05, 3.63) is 53.1 Å². The maximum Gasteiger partial charge on any atom is 0.446 e. The third-order valence-corrected chi connectivity index (χ3v) is 9.78. The summed E-state index contributed by atoms with van der Waals surface area (Å²) in [5.74, 6) is 0.111. The zero-order valence-electron chi connectivity index (χ0n) is 24.4. The third-order valence-electron chi connectivity index (χ3n) is 8.55. The molecule has 2 aliphatic heterocycles. The molecule has 2 aromatic rings. The van der Waals surface area contributed by atoms with E-state index >= 15 is 0 Å². The number of quaternary nitrogens is 1. The number of hydrogen-bond donors (Lipinski definition) is 0. The number of alkyl halides is 6. The fourth-order valence-corrected chi connectivity index (χ4v) is 6.78. The topological polar surface area (TPSA) is 26.8 Å². The summed E-state index contributed by atoms with van der Waals surface area (Å²) in [5.41, 5.74) is -3.54. The third kappa shape index (κ3) is 9.18. The molecule has 2 aromatic carbocycles. The summed E-state index contributed by atoms with van der Waals surface area (Å²) in [6.45, 7) is 5.12. The molecule has 0 unspecified atom stereocenters. The number of likely N-dealkylation sites (tertiary alicyclic amines) is 1. The molecule has 13 heteroatoms. The van der Waals surface area contributed by atoms with Crippen molar-refractivity contribution in [1.29, 1.82) is 0 Å². The Morgan fingerprint density at radius 3 is 2.23 bits per heavy atom. The summed E-state index contributed by atoms with van der Waals surface area (Å²) in [5, 5.41) is 0.0724. The van der Waals surface area contributed by atoms with Gasteiger partial charge >= 0.3 is 11.7 Å². The van der Waals surface area contributed by atoms with Gasteiger partial charge in [-0.2, -0.15) is 26.3 Å². The lowest BCUT2D eigenvalue weighted by Gasteiger charge is -2.42. The van der Waals surface area contributed by atoms with Gasteiger partial charge in [0.1, 0.15) is 5.69 Å². The van der Waals surface area contributed by atoms with E-state index in [1.54, 1.807) is 6.07 Å². The summed E-state index contributed by atoms with van der Waals surface area (Å²) < 4.78 is 78.0. The van der Waals surface area contributed by atoms with Crippen molar-refractivity contribution in [2.45, 2.75) is 54.7 Å². The van der Waals surface area contributed by atoms with Gasteiger partial charge in [0.25, 0.3) is 0 Å². The van der Waals surface area contributed by atoms with Crippen LogP contribution in [0.15, 0.2) is 47.4 Å². The first kappa shape index (κ1) is 33.7. The molecule has 2 fully saturated rings. The highest BCUT2D eigenvalue weighted by molar-refractivity contribution is 8.00. The number of halogens is 7. The molecule has 238 valence electrons. The van der Waals surface area contributed by atoms with E-state index in [0.29, 0.717) is 30.5 Å². The molecule has 0 spiro atoms. The van der Waals surface area contributed by atoms with Crippen LogP contribution in [0.3, 0.4) is 0 Å². The van der Waals surface area contributed by atoms with Crippen molar-refractivity contribution in [1.82, 2.24) is 14.3 Å². The lowest BCUT2D eigenvalue weighted by atomic mass is 10.00. The molecule has 0 radical (unpaired) electrons. The Morgan fingerprint density at radius 2 is 1.60 bits per heavy atom. The Kier molecular flexibility index (Phi) is 10.9. The summed E-state index contributed by atoms with van der Waals surface area (Å²) in [6, 6.07) is 10.3. The number of thioether (sulfide) groups is 1. The van der Waals surface area contributed by atoms with E-state index in [4.69, 9.17) is 11.6 Å². The van der Waals surface area contributed by atoms with Crippen LogP contribution in [0.5, 0.6) is 0 Å². The highest BCUT2D eigenvalue weighted by Gasteiger charge is 2.37. The molecule has 0 atom stereocenters. The number of carbonyl (C=O) groups excluding carboxylic acids is 1. The fourth-order valence-electron chi connectivity index (χ4n) is 5.95. The van der Waals surface area contributed by atoms with Gasteiger partial charge in [-0.05, 0) is 68.0 Å². The van der Waals surface area contributed by atoms with Gasteiger partial charge in [-0.25, -0.2) is 0 Å². The van der Waals surface area contributed by atoms with E-state index < -0.39 is 17.2 Å². The number of rotatable bonds is 8. The van der Waals surface area contributed by atoms with Crippen molar-refractivity contribution in [3.8, 4) is 0 Å². The largest absolute Gasteiger partial charge is 0.446 e. The van der Waals surface area contributed by atoms with Crippen LogP contribution >= 0.6 is 23.4 Å². The second-order valence-corrected chi connectivity index (χ2v) is 13.2. The van der Waals surface area contributed by atoms with Crippen molar-refractivity contribution in [3.63, 3.8) is 0 Å². The summed E-state index contributed by atoms with van der Waals surface area (Å²) in [4.78, 5) is 19.3. The van der Waals surface area contributed by atoms with E-state index in [0.717, 1.165) is 75.4 Å². The van der Waals surface area contributed by atoms with Crippen LogP contribution in [-0.2, 0) is 11.0 Å². The molecule has 2 aliphatic rings. The van der Waals surface area contributed by atoms with Gasteiger partial charge in [0.2, 0.25) is 5.91 Å². The predicted octanol–water partition coefficient (Wildman–Crippen LogP) is 7.52. The van der Waals surface area contributed by atoms with Crippen LogP contribution < -0.4 is 9.38 Å². The van der Waals surface area contributed by atoms with Gasteiger partial charge in [-0.3, -0.25) is 9.28 Å². The van der Waals surface area contributed by atoms with Crippen molar-refractivity contribution < 1.29 is 31.1 Å².